The van der Waals surface area contributed by atoms with Crippen molar-refractivity contribution < 1.29 is 14.2 Å². The number of halogens is 2. The molecule has 1 heterocycles. The molecule has 2 aromatic carbocycles. The molecule has 0 aliphatic carbocycles. The van der Waals surface area contributed by atoms with Crippen LogP contribution < -0.4 is 4.74 Å². The molecule has 1 aliphatic rings. The summed E-state index contributed by atoms with van der Waals surface area (Å²) in [5.74, 6) is 0.361. The smallest absolute Gasteiger partial charge is 0.137 e. The first-order valence-corrected chi connectivity index (χ1v) is 6.81. The number of para-hydroxylation sites is 1. The summed E-state index contributed by atoms with van der Waals surface area (Å²) in [4.78, 5) is 0. The van der Waals surface area contributed by atoms with E-state index in [1.54, 1.807) is 12.1 Å². The van der Waals surface area contributed by atoms with Crippen LogP contribution in [0.25, 0.3) is 0 Å². The van der Waals surface area contributed by atoms with Crippen molar-refractivity contribution in [3.05, 3.63) is 63.9 Å². The summed E-state index contributed by atoms with van der Waals surface area (Å²) in [5.41, 5.74) is 1.68. The average molecular weight is 323 g/mol. The summed E-state index contributed by atoms with van der Waals surface area (Å²) >= 11 is 3.14. The summed E-state index contributed by atoms with van der Waals surface area (Å²) in [6.07, 6.45) is -0.708. The highest BCUT2D eigenvalue weighted by Gasteiger charge is 2.31. The Balaban J connectivity index is 1.93. The predicted octanol–water partition coefficient (Wildman–Crippen LogP) is 3.80. The Kier molecular flexibility index (Phi) is 3.29. The van der Waals surface area contributed by atoms with E-state index in [-0.39, 0.29) is 11.7 Å². The molecule has 0 saturated carbocycles. The van der Waals surface area contributed by atoms with Gasteiger partial charge in [0, 0.05) is 5.56 Å². The van der Waals surface area contributed by atoms with Gasteiger partial charge in [-0.15, -0.1) is 0 Å². The van der Waals surface area contributed by atoms with Crippen LogP contribution in [0.15, 0.2) is 46.9 Å². The summed E-state index contributed by atoms with van der Waals surface area (Å²) in [6.45, 7) is 0.440. The summed E-state index contributed by atoms with van der Waals surface area (Å²) < 4.78 is 19.1. The molecule has 0 spiro atoms. The first kappa shape index (κ1) is 12.6. The van der Waals surface area contributed by atoms with Crippen molar-refractivity contribution >= 4 is 15.9 Å². The summed E-state index contributed by atoms with van der Waals surface area (Å²) in [5, 5.41) is 10.5. The van der Waals surface area contributed by atoms with E-state index < -0.39 is 6.10 Å². The van der Waals surface area contributed by atoms with Gasteiger partial charge in [-0.2, -0.15) is 0 Å². The minimum Gasteiger partial charge on any atom is -0.493 e. The number of benzene rings is 2. The third-order valence-electron chi connectivity index (χ3n) is 3.40. The van der Waals surface area contributed by atoms with Gasteiger partial charge in [0.25, 0.3) is 0 Å². The minimum atomic E-state index is -0.708. The van der Waals surface area contributed by atoms with Gasteiger partial charge in [0.1, 0.15) is 11.6 Å². The third kappa shape index (κ3) is 2.26. The highest BCUT2D eigenvalue weighted by Crippen LogP contribution is 2.41. The van der Waals surface area contributed by atoms with E-state index in [2.05, 4.69) is 15.9 Å². The second kappa shape index (κ2) is 4.94. The first-order valence-electron chi connectivity index (χ1n) is 6.01. The van der Waals surface area contributed by atoms with Gasteiger partial charge in [0.2, 0.25) is 0 Å². The van der Waals surface area contributed by atoms with E-state index in [0.29, 0.717) is 16.6 Å². The molecule has 0 saturated heterocycles. The highest BCUT2D eigenvalue weighted by atomic mass is 79.9. The van der Waals surface area contributed by atoms with Crippen molar-refractivity contribution in [3.8, 4) is 5.75 Å². The van der Waals surface area contributed by atoms with E-state index in [4.69, 9.17) is 4.74 Å². The SMILES string of the molecule is OC(c1ccc(F)c(Br)c1)C1COc2ccccc21. The van der Waals surface area contributed by atoms with Crippen LogP contribution in [0.1, 0.15) is 23.1 Å². The van der Waals surface area contributed by atoms with Gasteiger partial charge in [-0.3, -0.25) is 0 Å². The molecule has 98 valence electrons. The molecule has 1 N–H and O–H groups in total. The molecule has 3 rings (SSSR count). The lowest BCUT2D eigenvalue weighted by Crippen LogP contribution is -2.12. The molecule has 2 aromatic rings. The van der Waals surface area contributed by atoms with Gasteiger partial charge in [-0.1, -0.05) is 24.3 Å². The topological polar surface area (TPSA) is 29.5 Å². The average Bonchev–Trinajstić information content (AvgIpc) is 2.85. The maximum atomic E-state index is 13.2. The van der Waals surface area contributed by atoms with Crippen molar-refractivity contribution in [2.75, 3.05) is 6.61 Å². The fraction of sp³-hybridized carbons (Fsp3) is 0.200. The Hall–Kier alpha value is -1.39. The van der Waals surface area contributed by atoms with Gasteiger partial charge in [-0.25, -0.2) is 4.39 Å². The molecule has 4 heteroatoms. The summed E-state index contributed by atoms with van der Waals surface area (Å²) in [7, 11) is 0. The monoisotopic (exact) mass is 322 g/mol. The molecule has 2 atom stereocenters. The molecule has 0 aromatic heterocycles. The number of hydrogen-bond donors (Lipinski definition) is 1. The summed E-state index contributed by atoms with van der Waals surface area (Å²) in [6, 6.07) is 12.2. The third-order valence-corrected chi connectivity index (χ3v) is 4.01. The molecule has 2 nitrogen and oxygen atoms in total. The molecule has 2 unspecified atom stereocenters. The number of aliphatic hydroxyl groups is 1. The predicted molar refractivity (Wildman–Crippen MR) is 73.7 cm³/mol. The van der Waals surface area contributed by atoms with Crippen molar-refractivity contribution in [2.45, 2.75) is 12.0 Å². The lowest BCUT2D eigenvalue weighted by molar-refractivity contribution is 0.130. The van der Waals surface area contributed by atoms with Crippen molar-refractivity contribution in [1.82, 2.24) is 0 Å². The molecule has 0 fully saturated rings. The molecule has 19 heavy (non-hydrogen) atoms. The van der Waals surface area contributed by atoms with Crippen LogP contribution in [-0.2, 0) is 0 Å². The zero-order valence-electron chi connectivity index (χ0n) is 10.0. The number of ether oxygens (including phenoxy) is 1. The lowest BCUT2D eigenvalue weighted by atomic mass is 9.91. The quantitative estimate of drug-likeness (QED) is 0.911. The second-order valence-electron chi connectivity index (χ2n) is 4.57. The standard InChI is InChI=1S/C15H12BrFO2/c16-12-7-9(5-6-13(12)17)15(18)11-8-19-14-4-2-1-3-10(11)14/h1-7,11,15,18H,8H2. The number of rotatable bonds is 2. The van der Waals surface area contributed by atoms with E-state index >= 15 is 0 Å². The maximum Gasteiger partial charge on any atom is 0.137 e. The van der Waals surface area contributed by atoms with E-state index in [9.17, 15) is 9.50 Å². The molecule has 0 bridgehead atoms. The van der Waals surface area contributed by atoms with E-state index in [1.165, 1.54) is 6.07 Å². The maximum absolute atomic E-state index is 13.2. The number of hydrogen-bond acceptors (Lipinski definition) is 2. The van der Waals surface area contributed by atoms with Crippen LogP contribution in [0.4, 0.5) is 4.39 Å². The van der Waals surface area contributed by atoms with Crippen molar-refractivity contribution in [2.24, 2.45) is 0 Å². The normalized spacial score (nSPS) is 18.8. The Morgan fingerprint density at radius 1 is 1.26 bits per heavy atom. The molecular formula is C15H12BrFO2. The van der Waals surface area contributed by atoms with Gasteiger partial charge in [-0.05, 0) is 39.7 Å². The van der Waals surface area contributed by atoms with Gasteiger partial charge < -0.3 is 9.84 Å². The zero-order valence-corrected chi connectivity index (χ0v) is 11.6. The fourth-order valence-electron chi connectivity index (χ4n) is 2.38. The zero-order chi connectivity index (χ0) is 13.4. The molecule has 1 aliphatic heterocycles. The van der Waals surface area contributed by atoms with Crippen LogP contribution >= 0.6 is 15.9 Å². The number of aliphatic hydroxyl groups excluding tert-OH is 1. The van der Waals surface area contributed by atoms with Crippen LogP contribution in [0.2, 0.25) is 0 Å². The Labute approximate surface area is 119 Å². The van der Waals surface area contributed by atoms with Crippen LogP contribution in [0.3, 0.4) is 0 Å². The van der Waals surface area contributed by atoms with E-state index in [1.807, 2.05) is 24.3 Å². The molecular weight excluding hydrogens is 311 g/mol. The fourth-order valence-corrected chi connectivity index (χ4v) is 2.77. The van der Waals surface area contributed by atoms with Gasteiger partial charge >= 0.3 is 0 Å². The largest absolute Gasteiger partial charge is 0.493 e. The van der Waals surface area contributed by atoms with Crippen molar-refractivity contribution in [3.63, 3.8) is 0 Å². The van der Waals surface area contributed by atoms with Crippen LogP contribution in [0.5, 0.6) is 5.75 Å². The highest BCUT2D eigenvalue weighted by molar-refractivity contribution is 9.10. The number of fused-ring (bicyclic) bond motifs is 1. The first-order chi connectivity index (χ1) is 9.16. The Bertz CT molecular complexity index is 615. The van der Waals surface area contributed by atoms with Gasteiger partial charge in [0.05, 0.1) is 23.1 Å². The minimum absolute atomic E-state index is 0.117. The van der Waals surface area contributed by atoms with E-state index in [0.717, 1.165) is 11.3 Å². The lowest BCUT2D eigenvalue weighted by Gasteiger charge is -2.18. The van der Waals surface area contributed by atoms with Crippen LogP contribution in [-0.4, -0.2) is 11.7 Å². The van der Waals surface area contributed by atoms with Gasteiger partial charge in [0.15, 0.2) is 0 Å². The van der Waals surface area contributed by atoms with Crippen molar-refractivity contribution in [1.29, 1.82) is 0 Å². The Morgan fingerprint density at radius 3 is 2.84 bits per heavy atom. The second-order valence-corrected chi connectivity index (χ2v) is 5.43. The van der Waals surface area contributed by atoms with Crippen LogP contribution in [0, 0.1) is 5.82 Å². The Morgan fingerprint density at radius 2 is 2.05 bits per heavy atom. The molecule has 0 radical (unpaired) electrons. The molecule has 0 amide bonds.